The first kappa shape index (κ1) is 15.7. The lowest BCUT2D eigenvalue weighted by molar-refractivity contribution is 0.361. The van der Waals surface area contributed by atoms with Crippen LogP contribution in [0.4, 0.5) is 5.82 Å². The minimum atomic E-state index is 0.231. The largest absolute Gasteiger partial charge is 0.362 e. The molecule has 0 amide bonds. The fourth-order valence-electron chi connectivity index (χ4n) is 3.03. The molecule has 3 aromatic rings. The SMILES string of the molecule is CC(C)c1nc(CNc2nc(-c3ccccc3)nc3c2CCC3)no1. The molecule has 128 valence electrons. The van der Waals surface area contributed by atoms with Crippen LogP contribution in [0.1, 0.15) is 49.2 Å². The van der Waals surface area contributed by atoms with Crippen LogP contribution in [-0.4, -0.2) is 20.1 Å². The monoisotopic (exact) mass is 335 g/mol. The molecule has 2 aromatic heterocycles. The fourth-order valence-corrected chi connectivity index (χ4v) is 3.03. The van der Waals surface area contributed by atoms with E-state index in [1.165, 1.54) is 5.56 Å². The van der Waals surface area contributed by atoms with E-state index in [0.717, 1.165) is 42.2 Å². The third-order valence-corrected chi connectivity index (χ3v) is 4.36. The molecule has 0 radical (unpaired) electrons. The second-order valence-electron chi connectivity index (χ2n) is 6.60. The van der Waals surface area contributed by atoms with Crippen molar-refractivity contribution in [2.24, 2.45) is 0 Å². The zero-order chi connectivity index (χ0) is 17.2. The summed E-state index contributed by atoms with van der Waals surface area (Å²) in [5, 5.41) is 7.42. The number of nitrogens with one attached hydrogen (secondary N) is 1. The highest BCUT2D eigenvalue weighted by Crippen LogP contribution is 2.29. The predicted octanol–water partition coefficient (Wildman–Crippen LogP) is 3.75. The van der Waals surface area contributed by atoms with E-state index >= 15 is 0 Å². The lowest BCUT2D eigenvalue weighted by Gasteiger charge is -2.11. The molecule has 0 atom stereocenters. The van der Waals surface area contributed by atoms with Crippen LogP contribution in [0.5, 0.6) is 0 Å². The van der Waals surface area contributed by atoms with Crippen molar-refractivity contribution in [2.75, 3.05) is 5.32 Å². The number of aryl methyl sites for hydroxylation is 1. The van der Waals surface area contributed by atoms with E-state index in [9.17, 15) is 0 Å². The van der Waals surface area contributed by atoms with Gasteiger partial charge >= 0.3 is 0 Å². The van der Waals surface area contributed by atoms with Gasteiger partial charge in [0.2, 0.25) is 5.89 Å². The third kappa shape index (κ3) is 3.24. The lowest BCUT2D eigenvalue weighted by atomic mass is 10.2. The smallest absolute Gasteiger partial charge is 0.229 e. The molecule has 2 heterocycles. The van der Waals surface area contributed by atoms with Gasteiger partial charge in [-0.05, 0) is 19.3 Å². The number of hydrogen-bond acceptors (Lipinski definition) is 6. The first-order valence-electron chi connectivity index (χ1n) is 8.72. The molecule has 6 heteroatoms. The molecule has 25 heavy (non-hydrogen) atoms. The number of rotatable bonds is 5. The van der Waals surface area contributed by atoms with Gasteiger partial charge in [0.15, 0.2) is 11.6 Å². The standard InChI is InChI=1S/C19H21N5O/c1-12(2)19-22-16(24-25-19)11-20-18-14-9-6-10-15(14)21-17(23-18)13-7-4-3-5-8-13/h3-5,7-8,12H,6,9-11H2,1-2H3,(H,20,21,23). The fraction of sp³-hybridized carbons (Fsp3) is 0.368. The van der Waals surface area contributed by atoms with Gasteiger partial charge in [-0.1, -0.05) is 49.3 Å². The average Bonchev–Trinajstić information content (AvgIpc) is 3.29. The summed E-state index contributed by atoms with van der Waals surface area (Å²) in [5.41, 5.74) is 3.39. The van der Waals surface area contributed by atoms with Gasteiger partial charge in [-0.15, -0.1) is 0 Å². The van der Waals surface area contributed by atoms with Crippen molar-refractivity contribution < 1.29 is 4.52 Å². The van der Waals surface area contributed by atoms with E-state index in [0.29, 0.717) is 18.3 Å². The van der Waals surface area contributed by atoms with Crippen molar-refractivity contribution in [1.29, 1.82) is 0 Å². The van der Waals surface area contributed by atoms with Crippen LogP contribution in [0.25, 0.3) is 11.4 Å². The van der Waals surface area contributed by atoms with Gasteiger partial charge in [0.25, 0.3) is 0 Å². The van der Waals surface area contributed by atoms with Gasteiger partial charge in [-0.2, -0.15) is 4.98 Å². The Hall–Kier alpha value is -2.76. The Kier molecular flexibility index (Phi) is 4.17. The maximum atomic E-state index is 5.27. The van der Waals surface area contributed by atoms with E-state index < -0.39 is 0 Å². The number of benzene rings is 1. The van der Waals surface area contributed by atoms with Gasteiger partial charge in [0.1, 0.15) is 5.82 Å². The Morgan fingerprint density at radius 1 is 1.08 bits per heavy atom. The van der Waals surface area contributed by atoms with E-state index in [-0.39, 0.29) is 5.92 Å². The van der Waals surface area contributed by atoms with Crippen LogP contribution < -0.4 is 5.32 Å². The van der Waals surface area contributed by atoms with Crippen molar-refractivity contribution in [3.05, 3.63) is 53.3 Å². The van der Waals surface area contributed by atoms with E-state index in [4.69, 9.17) is 14.5 Å². The molecule has 4 rings (SSSR count). The van der Waals surface area contributed by atoms with Crippen LogP contribution >= 0.6 is 0 Å². The Labute approximate surface area is 146 Å². The molecule has 0 fully saturated rings. The number of fused-ring (bicyclic) bond motifs is 1. The van der Waals surface area contributed by atoms with Gasteiger partial charge < -0.3 is 9.84 Å². The first-order valence-corrected chi connectivity index (χ1v) is 8.72. The number of aromatic nitrogens is 4. The first-order chi connectivity index (χ1) is 12.2. The number of nitrogens with zero attached hydrogens (tertiary/aromatic N) is 4. The van der Waals surface area contributed by atoms with Crippen molar-refractivity contribution in [2.45, 2.75) is 45.6 Å². The normalized spacial score (nSPS) is 13.2. The van der Waals surface area contributed by atoms with Gasteiger partial charge in [0.05, 0.1) is 6.54 Å². The molecule has 0 aliphatic heterocycles. The summed E-state index contributed by atoms with van der Waals surface area (Å²) in [6, 6.07) is 10.1. The quantitative estimate of drug-likeness (QED) is 0.765. The van der Waals surface area contributed by atoms with Gasteiger partial charge in [-0.3, -0.25) is 0 Å². The highest BCUT2D eigenvalue weighted by molar-refractivity contribution is 5.60. The zero-order valence-corrected chi connectivity index (χ0v) is 14.5. The van der Waals surface area contributed by atoms with Crippen molar-refractivity contribution in [1.82, 2.24) is 20.1 Å². The Morgan fingerprint density at radius 3 is 2.68 bits per heavy atom. The third-order valence-electron chi connectivity index (χ3n) is 4.36. The lowest BCUT2D eigenvalue weighted by Crippen LogP contribution is -2.08. The van der Waals surface area contributed by atoms with Crippen LogP contribution in [0.2, 0.25) is 0 Å². The van der Waals surface area contributed by atoms with E-state index in [2.05, 4.69) is 15.5 Å². The summed E-state index contributed by atoms with van der Waals surface area (Å²) in [5.74, 6) is 3.19. The van der Waals surface area contributed by atoms with E-state index in [1.807, 2.05) is 44.2 Å². The maximum Gasteiger partial charge on any atom is 0.229 e. The number of hydrogen-bond donors (Lipinski definition) is 1. The Bertz CT molecular complexity index is 873. The molecule has 0 saturated carbocycles. The molecular weight excluding hydrogens is 314 g/mol. The van der Waals surface area contributed by atoms with E-state index in [1.54, 1.807) is 0 Å². The average molecular weight is 335 g/mol. The second-order valence-corrected chi connectivity index (χ2v) is 6.60. The van der Waals surface area contributed by atoms with Crippen LogP contribution in [0, 0.1) is 0 Å². The predicted molar refractivity (Wildman–Crippen MR) is 95.2 cm³/mol. The van der Waals surface area contributed by atoms with Crippen molar-refractivity contribution in [3.63, 3.8) is 0 Å². The summed E-state index contributed by atoms with van der Waals surface area (Å²) >= 11 is 0. The van der Waals surface area contributed by atoms with Crippen LogP contribution in [0.15, 0.2) is 34.9 Å². The Morgan fingerprint density at radius 2 is 1.92 bits per heavy atom. The summed E-state index contributed by atoms with van der Waals surface area (Å²) < 4.78 is 5.27. The molecule has 1 aliphatic rings. The van der Waals surface area contributed by atoms with Gasteiger partial charge in [-0.25, -0.2) is 9.97 Å². The molecule has 0 saturated heterocycles. The molecule has 1 aliphatic carbocycles. The molecule has 0 unspecified atom stereocenters. The maximum absolute atomic E-state index is 5.27. The van der Waals surface area contributed by atoms with Crippen LogP contribution in [-0.2, 0) is 19.4 Å². The molecule has 0 bridgehead atoms. The molecule has 1 N–H and O–H groups in total. The zero-order valence-electron chi connectivity index (χ0n) is 14.5. The summed E-state index contributed by atoms with van der Waals surface area (Å²) in [7, 11) is 0. The number of anilines is 1. The summed E-state index contributed by atoms with van der Waals surface area (Å²) in [6.07, 6.45) is 3.14. The summed E-state index contributed by atoms with van der Waals surface area (Å²) in [6.45, 7) is 4.57. The van der Waals surface area contributed by atoms with Gasteiger partial charge in [0, 0.05) is 22.7 Å². The minimum absolute atomic E-state index is 0.231. The minimum Gasteiger partial charge on any atom is -0.362 e. The molecule has 1 aromatic carbocycles. The molecule has 0 spiro atoms. The van der Waals surface area contributed by atoms with Crippen molar-refractivity contribution >= 4 is 5.82 Å². The topological polar surface area (TPSA) is 76.7 Å². The molecule has 6 nitrogen and oxygen atoms in total. The highest BCUT2D eigenvalue weighted by Gasteiger charge is 2.20. The highest BCUT2D eigenvalue weighted by atomic mass is 16.5. The van der Waals surface area contributed by atoms with Crippen LogP contribution in [0.3, 0.4) is 0 Å². The Balaban J connectivity index is 1.61. The summed E-state index contributed by atoms with van der Waals surface area (Å²) in [4.78, 5) is 13.9. The van der Waals surface area contributed by atoms with Crippen molar-refractivity contribution in [3.8, 4) is 11.4 Å². The second kappa shape index (κ2) is 6.63. The molecular formula is C19H21N5O.